The van der Waals surface area contributed by atoms with Crippen LogP contribution >= 0.6 is 0 Å². The van der Waals surface area contributed by atoms with Gasteiger partial charge in [0.25, 0.3) is 0 Å². The lowest BCUT2D eigenvalue weighted by Crippen LogP contribution is -2.18. The number of terminal acetylenes is 1. The molecule has 4 atom stereocenters. The van der Waals surface area contributed by atoms with E-state index in [1.165, 1.54) is 7.11 Å². The predicted molar refractivity (Wildman–Crippen MR) is 75.2 cm³/mol. The Morgan fingerprint density at radius 3 is 2.89 bits per heavy atom. The van der Waals surface area contributed by atoms with Crippen LogP contribution in [-0.4, -0.2) is 24.3 Å². The Morgan fingerprint density at radius 1 is 1.53 bits per heavy atom. The van der Waals surface area contributed by atoms with Crippen molar-refractivity contribution in [2.75, 3.05) is 7.11 Å². The van der Waals surface area contributed by atoms with Gasteiger partial charge < -0.3 is 9.84 Å². The van der Waals surface area contributed by atoms with Crippen molar-refractivity contribution in [1.82, 2.24) is 0 Å². The summed E-state index contributed by atoms with van der Waals surface area (Å²) in [5.74, 6) is 3.40. The van der Waals surface area contributed by atoms with Gasteiger partial charge in [-0.1, -0.05) is 19.1 Å². The molecular weight excluding hydrogens is 240 g/mol. The third-order valence-electron chi connectivity index (χ3n) is 3.93. The molecule has 0 aromatic carbocycles. The first-order valence-electron chi connectivity index (χ1n) is 6.96. The Hall–Kier alpha value is -1.27. The van der Waals surface area contributed by atoms with Crippen LogP contribution < -0.4 is 0 Å². The summed E-state index contributed by atoms with van der Waals surface area (Å²) in [5.41, 5.74) is 0. The van der Waals surface area contributed by atoms with Crippen LogP contribution in [0.25, 0.3) is 0 Å². The highest BCUT2D eigenvalue weighted by molar-refractivity contribution is 5.68. The molecule has 0 radical (unpaired) electrons. The number of hydrogen-bond acceptors (Lipinski definition) is 3. The maximum Gasteiger partial charge on any atom is 0.305 e. The molecule has 0 aromatic rings. The molecule has 106 valence electrons. The molecule has 0 heterocycles. The summed E-state index contributed by atoms with van der Waals surface area (Å²) in [6.07, 6.45) is 13.1. The SMILES string of the molecule is C#CC1C(C)CC(O)C1CC=CCCCC(=O)OC. The van der Waals surface area contributed by atoms with Crippen molar-refractivity contribution in [3.05, 3.63) is 12.2 Å². The Balaban J connectivity index is 2.28. The average molecular weight is 264 g/mol. The van der Waals surface area contributed by atoms with E-state index in [1.54, 1.807) is 0 Å². The van der Waals surface area contributed by atoms with E-state index >= 15 is 0 Å². The number of methoxy groups -OCH3 is 1. The Bertz CT molecular complexity index is 353. The largest absolute Gasteiger partial charge is 0.469 e. The fraction of sp³-hybridized carbons (Fsp3) is 0.688. The monoisotopic (exact) mass is 264 g/mol. The van der Waals surface area contributed by atoms with Crippen molar-refractivity contribution in [3.8, 4) is 12.3 Å². The first-order valence-corrected chi connectivity index (χ1v) is 6.96. The minimum Gasteiger partial charge on any atom is -0.469 e. The summed E-state index contributed by atoms with van der Waals surface area (Å²) in [4.78, 5) is 10.9. The minimum atomic E-state index is -0.282. The van der Waals surface area contributed by atoms with Gasteiger partial charge in [-0.25, -0.2) is 0 Å². The summed E-state index contributed by atoms with van der Waals surface area (Å²) in [5, 5.41) is 9.98. The van der Waals surface area contributed by atoms with Gasteiger partial charge in [0, 0.05) is 18.3 Å². The molecule has 0 aromatic heterocycles. The summed E-state index contributed by atoms with van der Waals surface area (Å²) in [6, 6.07) is 0. The van der Waals surface area contributed by atoms with E-state index in [1.807, 2.05) is 0 Å². The number of esters is 1. The number of hydrogen-bond donors (Lipinski definition) is 1. The van der Waals surface area contributed by atoms with Gasteiger partial charge in [-0.15, -0.1) is 12.3 Å². The summed E-state index contributed by atoms with van der Waals surface area (Å²) in [6.45, 7) is 2.10. The maximum atomic E-state index is 10.9. The molecular formula is C16H24O3. The number of allylic oxidation sites excluding steroid dienone is 2. The molecule has 0 aliphatic heterocycles. The maximum absolute atomic E-state index is 10.9. The Morgan fingerprint density at radius 2 is 2.26 bits per heavy atom. The lowest BCUT2D eigenvalue weighted by atomic mass is 9.88. The molecule has 3 nitrogen and oxygen atoms in total. The number of rotatable bonds is 6. The molecule has 0 bridgehead atoms. The molecule has 0 amide bonds. The van der Waals surface area contributed by atoms with Crippen LogP contribution in [-0.2, 0) is 9.53 Å². The zero-order valence-corrected chi connectivity index (χ0v) is 11.8. The van der Waals surface area contributed by atoms with Gasteiger partial charge in [0.2, 0.25) is 0 Å². The second-order valence-corrected chi connectivity index (χ2v) is 5.31. The van der Waals surface area contributed by atoms with Crippen LogP contribution in [0.4, 0.5) is 0 Å². The van der Waals surface area contributed by atoms with E-state index in [4.69, 9.17) is 6.42 Å². The van der Waals surface area contributed by atoms with E-state index in [9.17, 15) is 9.90 Å². The normalized spacial score (nSPS) is 30.4. The van der Waals surface area contributed by atoms with E-state index in [-0.39, 0.29) is 23.9 Å². The van der Waals surface area contributed by atoms with E-state index in [0.717, 1.165) is 25.7 Å². The molecule has 3 heteroatoms. The van der Waals surface area contributed by atoms with Crippen LogP contribution in [0.2, 0.25) is 0 Å². The molecule has 19 heavy (non-hydrogen) atoms. The molecule has 1 saturated carbocycles. The zero-order chi connectivity index (χ0) is 14.3. The van der Waals surface area contributed by atoms with Gasteiger partial charge in [-0.2, -0.15) is 0 Å². The van der Waals surface area contributed by atoms with Gasteiger partial charge in [0.05, 0.1) is 13.2 Å². The highest BCUT2D eigenvalue weighted by Gasteiger charge is 2.38. The van der Waals surface area contributed by atoms with Crippen molar-refractivity contribution in [2.45, 2.75) is 45.1 Å². The fourth-order valence-electron chi connectivity index (χ4n) is 2.79. The smallest absolute Gasteiger partial charge is 0.305 e. The number of aliphatic hydroxyl groups is 1. The Kier molecular flexibility index (Phi) is 6.66. The standard InChI is InChI=1S/C16H24O3/c1-4-13-12(2)11-15(17)14(13)9-7-5-6-8-10-16(18)19-3/h1,5,7,12-15,17H,6,8-11H2,2-3H3. The number of carbonyl (C=O) groups excluding carboxylic acids is 1. The van der Waals surface area contributed by atoms with E-state index in [2.05, 4.69) is 29.7 Å². The third kappa shape index (κ3) is 4.72. The molecule has 1 aliphatic rings. The summed E-state index contributed by atoms with van der Waals surface area (Å²) in [7, 11) is 1.40. The molecule has 1 N–H and O–H groups in total. The van der Waals surface area contributed by atoms with Crippen molar-refractivity contribution in [3.63, 3.8) is 0 Å². The third-order valence-corrected chi connectivity index (χ3v) is 3.93. The zero-order valence-electron chi connectivity index (χ0n) is 11.8. The van der Waals surface area contributed by atoms with Crippen molar-refractivity contribution in [2.24, 2.45) is 17.8 Å². The number of unbranched alkanes of at least 4 members (excludes halogenated alkanes) is 1. The highest BCUT2D eigenvalue weighted by atomic mass is 16.5. The van der Waals surface area contributed by atoms with Gasteiger partial charge in [0.15, 0.2) is 0 Å². The van der Waals surface area contributed by atoms with Crippen molar-refractivity contribution < 1.29 is 14.6 Å². The van der Waals surface area contributed by atoms with Crippen LogP contribution in [0, 0.1) is 30.1 Å². The second kappa shape index (κ2) is 8.01. The molecule has 1 fully saturated rings. The highest BCUT2D eigenvalue weighted by Crippen LogP contribution is 2.38. The summed E-state index contributed by atoms with van der Waals surface area (Å²) < 4.78 is 4.57. The topological polar surface area (TPSA) is 46.5 Å². The minimum absolute atomic E-state index is 0.166. The number of ether oxygens (including phenoxy) is 1. The van der Waals surface area contributed by atoms with Gasteiger partial charge in [-0.05, 0) is 31.6 Å². The summed E-state index contributed by atoms with van der Waals surface area (Å²) >= 11 is 0. The Labute approximate surface area is 116 Å². The second-order valence-electron chi connectivity index (χ2n) is 5.31. The number of carbonyl (C=O) groups is 1. The molecule has 1 rings (SSSR count). The average Bonchev–Trinajstić information content (AvgIpc) is 2.67. The van der Waals surface area contributed by atoms with Crippen molar-refractivity contribution in [1.29, 1.82) is 0 Å². The van der Waals surface area contributed by atoms with E-state index < -0.39 is 0 Å². The number of aliphatic hydroxyl groups excluding tert-OH is 1. The van der Waals surface area contributed by atoms with Crippen LogP contribution in [0.3, 0.4) is 0 Å². The van der Waals surface area contributed by atoms with Gasteiger partial charge in [-0.3, -0.25) is 4.79 Å². The predicted octanol–water partition coefficient (Wildman–Crippen LogP) is 2.54. The molecule has 4 unspecified atom stereocenters. The fourth-order valence-corrected chi connectivity index (χ4v) is 2.79. The first kappa shape index (κ1) is 15.8. The quantitative estimate of drug-likeness (QED) is 0.347. The molecule has 0 spiro atoms. The molecule has 0 saturated heterocycles. The van der Waals surface area contributed by atoms with Crippen LogP contribution in [0.1, 0.15) is 39.0 Å². The molecule has 1 aliphatic carbocycles. The lowest BCUT2D eigenvalue weighted by molar-refractivity contribution is -0.140. The lowest BCUT2D eigenvalue weighted by Gasteiger charge is -2.17. The van der Waals surface area contributed by atoms with Gasteiger partial charge in [0.1, 0.15) is 0 Å². The van der Waals surface area contributed by atoms with Crippen LogP contribution in [0.15, 0.2) is 12.2 Å². The van der Waals surface area contributed by atoms with Gasteiger partial charge >= 0.3 is 5.97 Å². The van der Waals surface area contributed by atoms with E-state index in [0.29, 0.717) is 12.3 Å². The van der Waals surface area contributed by atoms with Crippen molar-refractivity contribution >= 4 is 5.97 Å². The first-order chi connectivity index (χ1) is 9.10. The van der Waals surface area contributed by atoms with Crippen LogP contribution in [0.5, 0.6) is 0 Å².